The van der Waals surface area contributed by atoms with Gasteiger partial charge in [-0.1, -0.05) is 18.2 Å². The van der Waals surface area contributed by atoms with Gasteiger partial charge in [0.15, 0.2) is 0 Å². The maximum absolute atomic E-state index is 5.44. The van der Waals surface area contributed by atoms with Crippen LogP contribution in [0, 0.1) is 0 Å². The van der Waals surface area contributed by atoms with E-state index in [0.29, 0.717) is 11.8 Å². The van der Waals surface area contributed by atoms with Gasteiger partial charge in [-0.3, -0.25) is 4.98 Å². The molecule has 0 amide bonds. The van der Waals surface area contributed by atoms with Crippen LogP contribution in [0.25, 0.3) is 22.4 Å². The van der Waals surface area contributed by atoms with Crippen LogP contribution in [-0.2, 0) is 6.54 Å². The Bertz CT molecular complexity index is 657. The third-order valence-corrected chi connectivity index (χ3v) is 2.50. The van der Waals surface area contributed by atoms with Crippen molar-refractivity contribution in [3.63, 3.8) is 0 Å². The van der Waals surface area contributed by atoms with E-state index in [9.17, 15) is 0 Å². The molecule has 0 aliphatic heterocycles. The number of nitrogens with two attached hydrogens (primary N) is 1. The summed E-state index contributed by atoms with van der Waals surface area (Å²) in [5.41, 5.74) is 7.12. The third kappa shape index (κ3) is 1.66. The normalized spacial score (nSPS) is 10.9. The summed E-state index contributed by atoms with van der Waals surface area (Å²) in [7, 11) is 0. The third-order valence-electron chi connectivity index (χ3n) is 2.50. The summed E-state index contributed by atoms with van der Waals surface area (Å²) < 4.78 is 5.44. The van der Waals surface area contributed by atoms with Gasteiger partial charge in [-0.2, -0.15) is 0 Å². The minimum absolute atomic E-state index is 0.241. The first-order valence-electron chi connectivity index (χ1n) is 5.25. The summed E-state index contributed by atoms with van der Waals surface area (Å²) in [6, 6.07) is 9.72. The molecule has 0 aliphatic carbocycles. The molecular weight excluding hydrogens is 216 g/mol. The zero-order valence-corrected chi connectivity index (χ0v) is 9.00. The van der Waals surface area contributed by atoms with Gasteiger partial charge in [-0.25, -0.2) is 0 Å². The quantitative estimate of drug-likeness (QED) is 0.720. The molecule has 3 aromatic rings. The van der Waals surface area contributed by atoms with Crippen LogP contribution in [0.15, 0.2) is 40.9 Å². The van der Waals surface area contributed by atoms with Crippen molar-refractivity contribution < 1.29 is 4.42 Å². The molecule has 0 radical (unpaired) electrons. The fourth-order valence-corrected chi connectivity index (χ4v) is 1.72. The van der Waals surface area contributed by atoms with Crippen LogP contribution >= 0.6 is 0 Å². The van der Waals surface area contributed by atoms with Crippen LogP contribution < -0.4 is 5.73 Å². The molecule has 84 valence electrons. The largest absolute Gasteiger partial charge is 0.419 e. The molecule has 17 heavy (non-hydrogen) atoms. The van der Waals surface area contributed by atoms with Gasteiger partial charge in [-0.15, -0.1) is 10.2 Å². The van der Waals surface area contributed by atoms with Gasteiger partial charge >= 0.3 is 0 Å². The molecule has 0 aliphatic rings. The second-order valence-corrected chi connectivity index (χ2v) is 3.59. The minimum Gasteiger partial charge on any atom is -0.419 e. The van der Waals surface area contributed by atoms with Gasteiger partial charge in [0.05, 0.1) is 17.6 Å². The van der Waals surface area contributed by atoms with Crippen molar-refractivity contribution in [3.8, 4) is 11.5 Å². The molecule has 5 nitrogen and oxygen atoms in total. The number of benzene rings is 1. The summed E-state index contributed by atoms with van der Waals surface area (Å²) in [4.78, 5) is 4.33. The highest BCUT2D eigenvalue weighted by Crippen LogP contribution is 2.25. The lowest BCUT2D eigenvalue weighted by atomic mass is 10.1. The number of rotatable bonds is 2. The van der Waals surface area contributed by atoms with Gasteiger partial charge in [-0.05, 0) is 12.1 Å². The second-order valence-electron chi connectivity index (χ2n) is 3.59. The molecule has 0 bridgehead atoms. The van der Waals surface area contributed by atoms with Gasteiger partial charge in [0.2, 0.25) is 11.8 Å². The van der Waals surface area contributed by atoms with Crippen molar-refractivity contribution in [3.05, 3.63) is 42.4 Å². The van der Waals surface area contributed by atoms with Crippen molar-refractivity contribution in [2.45, 2.75) is 6.54 Å². The van der Waals surface area contributed by atoms with E-state index in [0.717, 1.165) is 16.5 Å². The van der Waals surface area contributed by atoms with Gasteiger partial charge in [0.25, 0.3) is 0 Å². The predicted octanol–water partition coefficient (Wildman–Crippen LogP) is 1.74. The lowest BCUT2D eigenvalue weighted by Gasteiger charge is -2.00. The molecule has 1 aromatic carbocycles. The summed E-state index contributed by atoms with van der Waals surface area (Å²) >= 11 is 0. The van der Waals surface area contributed by atoms with Crippen LogP contribution in [0.5, 0.6) is 0 Å². The Labute approximate surface area is 97.3 Å². The number of aromatic nitrogens is 3. The number of pyridine rings is 1. The number of nitrogens with zero attached hydrogens (tertiary/aromatic N) is 3. The zero-order chi connectivity index (χ0) is 11.7. The maximum atomic E-state index is 5.44. The molecule has 2 aromatic heterocycles. The number of hydrogen-bond donors (Lipinski definition) is 1. The van der Waals surface area contributed by atoms with Crippen molar-refractivity contribution in [2.75, 3.05) is 0 Å². The van der Waals surface area contributed by atoms with Crippen LogP contribution in [0.1, 0.15) is 5.89 Å². The van der Waals surface area contributed by atoms with E-state index in [2.05, 4.69) is 15.2 Å². The van der Waals surface area contributed by atoms with E-state index >= 15 is 0 Å². The Morgan fingerprint density at radius 3 is 2.82 bits per heavy atom. The zero-order valence-electron chi connectivity index (χ0n) is 9.00. The average molecular weight is 226 g/mol. The average Bonchev–Trinajstić information content (AvgIpc) is 2.87. The van der Waals surface area contributed by atoms with E-state index in [1.165, 1.54) is 0 Å². The highest BCUT2D eigenvalue weighted by molar-refractivity contribution is 5.91. The fraction of sp³-hybridized carbons (Fsp3) is 0.0833. The molecule has 0 atom stereocenters. The van der Waals surface area contributed by atoms with Gasteiger partial charge in [0.1, 0.15) is 0 Å². The Hall–Kier alpha value is -2.27. The molecule has 3 rings (SSSR count). The molecule has 0 unspecified atom stereocenters. The highest BCUT2D eigenvalue weighted by Gasteiger charge is 2.11. The van der Waals surface area contributed by atoms with E-state index < -0.39 is 0 Å². The topological polar surface area (TPSA) is 77.8 Å². The second kappa shape index (κ2) is 3.95. The van der Waals surface area contributed by atoms with E-state index in [-0.39, 0.29) is 6.54 Å². The predicted molar refractivity (Wildman–Crippen MR) is 62.9 cm³/mol. The smallest absolute Gasteiger partial charge is 0.250 e. The number of para-hydroxylation sites is 1. The number of hydrogen-bond acceptors (Lipinski definition) is 5. The summed E-state index contributed by atoms with van der Waals surface area (Å²) in [5.74, 6) is 0.877. The Morgan fingerprint density at radius 1 is 1.12 bits per heavy atom. The molecule has 0 saturated heterocycles. The van der Waals surface area contributed by atoms with Crippen LogP contribution in [0.3, 0.4) is 0 Å². The molecule has 0 saturated carbocycles. The first kappa shape index (κ1) is 9.92. The van der Waals surface area contributed by atoms with Crippen molar-refractivity contribution in [1.29, 1.82) is 0 Å². The fourth-order valence-electron chi connectivity index (χ4n) is 1.72. The van der Waals surface area contributed by atoms with Crippen molar-refractivity contribution in [1.82, 2.24) is 15.2 Å². The summed E-state index contributed by atoms with van der Waals surface area (Å²) in [6.07, 6.45) is 1.74. The highest BCUT2D eigenvalue weighted by atomic mass is 16.4. The SMILES string of the molecule is NCc1nnc(-c2cccc3cccnc23)o1. The van der Waals surface area contributed by atoms with Crippen molar-refractivity contribution >= 4 is 10.9 Å². The molecule has 0 fully saturated rings. The van der Waals surface area contributed by atoms with Crippen LogP contribution in [0.2, 0.25) is 0 Å². The van der Waals surface area contributed by atoms with E-state index in [1.54, 1.807) is 6.20 Å². The first-order valence-corrected chi connectivity index (χ1v) is 5.25. The lowest BCUT2D eigenvalue weighted by molar-refractivity contribution is 0.509. The number of fused-ring (bicyclic) bond motifs is 1. The monoisotopic (exact) mass is 226 g/mol. The molecule has 5 heteroatoms. The van der Waals surface area contributed by atoms with E-state index in [4.69, 9.17) is 10.2 Å². The first-order chi connectivity index (χ1) is 8.38. The van der Waals surface area contributed by atoms with E-state index in [1.807, 2.05) is 30.3 Å². The van der Waals surface area contributed by atoms with Crippen molar-refractivity contribution in [2.24, 2.45) is 5.73 Å². The van der Waals surface area contributed by atoms with Crippen LogP contribution in [0.4, 0.5) is 0 Å². The Morgan fingerprint density at radius 2 is 2.00 bits per heavy atom. The summed E-state index contributed by atoms with van der Waals surface area (Å²) in [5, 5.41) is 8.86. The lowest BCUT2D eigenvalue weighted by Crippen LogP contribution is -1.95. The minimum atomic E-state index is 0.241. The Kier molecular flexibility index (Phi) is 2.31. The summed E-state index contributed by atoms with van der Waals surface area (Å²) in [6.45, 7) is 0.241. The standard InChI is InChI=1S/C12H10N4O/c13-7-10-15-16-12(17-10)9-5-1-3-8-4-2-6-14-11(8)9/h1-6H,7,13H2. The molecule has 0 spiro atoms. The Balaban J connectivity index is 2.23. The molecular formula is C12H10N4O. The van der Waals surface area contributed by atoms with Gasteiger partial charge < -0.3 is 10.2 Å². The molecule has 2 N–H and O–H groups in total. The molecule has 2 heterocycles. The van der Waals surface area contributed by atoms with Crippen LogP contribution in [-0.4, -0.2) is 15.2 Å². The van der Waals surface area contributed by atoms with Gasteiger partial charge in [0, 0.05) is 11.6 Å². The maximum Gasteiger partial charge on any atom is 0.250 e.